The molecule has 0 aliphatic carbocycles. The van der Waals surface area contributed by atoms with Gasteiger partial charge < -0.3 is 9.47 Å². The van der Waals surface area contributed by atoms with E-state index in [4.69, 9.17) is 0 Å². The monoisotopic (exact) mass is 355 g/mol. The number of aromatic nitrogens is 2. The van der Waals surface area contributed by atoms with Crippen LogP contribution in [0.5, 0.6) is 0 Å². The SMILES string of the molecule is Cc1nccn1CCCN1CCCN(S(=O)(=O)N2CCCC2)CC1. The molecule has 1 aromatic rings. The van der Waals surface area contributed by atoms with Crippen LogP contribution in [-0.4, -0.2) is 77.3 Å². The Kier molecular flexibility index (Phi) is 5.91. The van der Waals surface area contributed by atoms with Gasteiger partial charge in [0, 0.05) is 51.7 Å². The van der Waals surface area contributed by atoms with Gasteiger partial charge in [0.2, 0.25) is 0 Å². The standard InChI is InChI=1S/C16H29N5O2S/c1-16-17-6-13-19(16)9-4-7-18-8-5-12-21(15-14-18)24(22,23)20-10-2-3-11-20/h6,13H,2-5,7-12,14-15H2,1H3. The van der Waals surface area contributed by atoms with Crippen LogP contribution in [-0.2, 0) is 16.8 Å². The van der Waals surface area contributed by atoms with E-state index in [1.54, 1.807) is 8.61 Å². The average molecular weight is 356 g/mol. The van der Waals surface area contributed by atoms with Crippen molar-refractivity contribution in [1.82, 2.24) is 23.1 Å². The van der Waals surface area contributed by atoms with Gasteiger partial charge in [0.1, 0.15) is 5.82 Å². The minimum atomic E-state index is -3.24. The minimum Gasteiger partial charge on any atom is -0.335 e. The van der Waals surface area contributed by atoms with Gasteiger partial charge in [-0.1, -0.05) is 0 Å². The second-order valence-corrected chi connectivity index (χ2v) is 8.66. The highest BCUT2D eigenvalue weighted by molar-refractivity contribution is 7.86. The quantitative estimate of drug-likeness (QED) is 0.762. The average Bonchev–Trinajstić information content (AvgIpc) is 3.16. The van der Waals surface area contributed by atoms with Crippen LogP contribution in [0.4, 0.5) is 0 Å². The smallest absolute Gasteiger partial charge is 0.282 e. The molecule has 7 nitrogen and oxygen atoms in total. The minimum absolute atomic E-state index is 0.614. The van der Waals surface area contributed by atoms with E-state index in [0.717, 1.165) is 57.7 Å². The van der Waals surface area contributed by atoms with E-state index in [9.17, 15) is 8.42 Å². The summed E-state index contributed by atoms with van der Waals surface area (Å²) in [5.41, 5.74) is 0. The lowest BCUT2D eigenvalue weighted by atomic mass is 10.3. The maximum atomic E-state index is 12.7. The molecule has 2 aliphatic rings. The fourth-order valence-electron chi connectivity index (χ4n) is 3.59. The van der Waals surface area contributed by atoms with Crippen molar-refractivity contribution in [2.24, 2.45) is 0 Å². The molecule has 2 saturated heterocycles. The molecule has 3 heterocycles. The van der Waals surface area contributed by atoms with Crippen molar-refractivity contribution in [3.63, 3.8) is 0 Å². The van der Waals surface area contributed by atoms with Crippen molar-refractivity contribution in [3.8, 4) is 0 Å². The third-order valence-corrected chi connectivity index (χ3v) is 7.10. The largest absolute Gasteiger partial charge is 0.335 e. The number of hydrogen-bond acceptors (Lipinski definition) is 4. The number of nitrogens with zero attached hydrogens (tertiary/aromatic N) is 5. The van der Waals surface area contributed by atoms with Crippen LogP contribution < -0.4 is 0 Å². The van der Waals surface area contributed by atoms with E-state index in [1.165, 1.54) is 0 Å². The van der Waals surface area contributed by atoms with E-state index in [1.807, 2.05) is 19.3 Å². The highest BCUT2D eigenvalue weighted by atomic mass is 32.2. The molecule has 3 rings (SSSR count). The first-order valence-corrected chi connectivity index (χ1v) is 10.4. The maximum absolute atomic E-state index is 12.7. The van der Waals surface area contributed by atoms with Crippen LogP contribution in [0.3, 0.4) is 0 Å². The fraction of sp³-hybridized carbons (Fsp3) is 0.812. The summed E-state index contributed by atoms with van der Waals surface area (Å²) < 4.78 is 30.9. The molecular weight excluding hydrogens is 326 g/mol. The van der Waals surface area contributed by atoms with E-state index in [0.29, 0.717) is 26.2 Å². The Morgan fingerprint density at radius 1 is 0.958 bits per heavy atom. The molecule has 0 N–H and O–H groups in total. The molecule has 0 aromatic carbocycles. The molecule has 0 radical (unpaired) electrons. The first-order valence-electron chi connectivity index (χ1n) is 9.03. The van der Waals surface area contributed by atoms with Gasteiger partial charge in [0.15, 0.2) is 0 Å². The Bertz CT molecular complexity index is 624. The normalized spacial score (nSPS) is 22.0. The number of imidazole rings is 1. The van der Waals surface area contributed by atoms with Crippen molar-refractivity contribution in [1.29, 1.82) is 0 Å². The highest BCUT2D eigenvalue weighted by Gasteiger charge is 2.32. The summed E-state index contributed by atoms with van der Waals surface area (Å²) in [6, 6.07) is 0. The maximum Gasteiger partial charge on any atom is 0.282 e. The van der Waals surface area contributed by atoms with Gasteiger partial charge in [0.05, 0.1) is 0 Å². The molecule has 0 saturated carbocycles. The van der Waals surface area contributed by atoms with E-state index < -0.39 is 10.2 Å². The summed E-state index contributed by atoms with van der Waals surface area (Å²) in [4.78, 5) is 6.64. The molecule has 0 spiro atoms. The lowest BCUT2D eigenvalue weighted by Gasteiger charge is -2.26. The fourth-order valence-corrected chi connectivity index (χ4v) is 5.31. The summed E-state index contributed by atoms with van der Waals surface area (Å²) >= 11 is 0. The zero-order valence-corrected chi connectivity index (χ0v) is 15.4. The molecule has 136 valence electrons. The van der Waals surface area contributed by atoms with Crippen LogP contribution in [0.15, 0.2) is 12.4 Å². The molecule has 2 fully saturated rings. The predicted octanol–water partition coefficient (Wildman–Crippen LogP) is 0.930. The van der Waals surface area contributed by atoms with Crippen LogP contribution >= 0.6 is 0 Å². The number of hydrogen-bond donors (Lipinski definition) is 0. The predicted molar refractivity (Wildman–Crippen MR) is 93.9 cm³/mol. The lowest BCUT2D eigenvalue weighted by Crippen LogP contribution is -2.44. The topological polar surface area (TPSA) is 61.7 Å². The molecule has 0 amide bonds. The Labute approximate surface area is 145 Å². The van der Waals surface area contributed by atoms with Crippen LogP contribution in [0.2, 0.25) is 0 Å². The summed E-state index contributed by atoms with van der Waals surface area (Å²) in [6.45, 7) is 8.45. The zero-order chi connectivity index (χ0) is 17.0. The van der Waals surface area contributed by atoms with Gasteiger partial charge >= 0.3 is 0 Å². The van der Waals surface area contributed by atoms with E-state index in [2.05, 4.69) is 14.5 Å². The Morgan fingerprint density at radius 3 is 2.38 bits per heavy atom. The molecule has 1 aromatic heterocycles. The Morgan fingerprint density at radius 2 is 1.67 bits per heavy atom. The first kappa shape index (κ1) is 17.8. The van der Waals surface area contributed by atoms with Crippen LogP contribution in [0.1, 0.15) is 31.5 Å². The Hall–Kier alpha value is -0.960. The third-order valence-electron chi connectivity index (χ3n) is 5.06. The van der Waals surface area contributed by atoms with Crippen molar-refractivity contribution in [3.05, 3.63) is 18.2 Å². The van der Waals surface area contributed by atoms with Gasteiger partial charge in [-0.3, -0.25) is 0 Å². The van der Waals surface area contributed by atoms with Gasteiger partial charge in [0.25, 0.3) is 10.2 Å². The highest BCUT2D eigenvalue weighted by Crippen LogP contribution is 2.18. The van der Waals surface area contributed by atoms with Crippen LogP contribution in [0, 0.1) is 6.92 Å². The summed E-state index contributed by atoms with van der Waals surface area (Å²) in [6.07, 6.45) is 7.82. The van der Waals surface area contributed by atoms with Crippen molar-refractivity contribution in [2.45, 2.75) is 39.2 Å². The van der Waals surface area contributed by atoms with Gasteiger partial charge in [-0.2, -0.15) is 17.0 Å². The second-order valence-electron chi connectivity index (χ2n) is 6.73. The van der Waals surface area contributed by atoms with E-state index in [-0.39, 0.29) is 0 Å². The van der Waals surface area contributed by atoms with E-state index >= 15 is 0 Å². The Balaban J connectivity index is 1.47. The molecular formula is C16H29N5O2S. The lowest BCUT2D eigenvalue weighted by molar-refractivity contribution is 0.275. The van der Waals surface area contributed by atoms with Gasteiger partial charge in [-0.15, -0.1) is 0 Å². The first-order chi connectivity index (χ1) is 11.6. The number of rotatable bonds is 6. The third kappa shape index (κ3) is 4.17. The summed E-state index contributed by atoms with van der Waals surface area (Å²) in [7, 11) is -3.24. The molecule has 0 unspecified atom stereocenters. The van der Waals surface area contributed by atoms with Crippen molar-refractivity contribution < 1.29 is 8.42 Å². The number of aryl methyl sites for hydroxylation is 2. The summed E-state index contributed by atoms with van der Waals surface area (Å²) in [5.74, 6) is 1.05. The molecule has 8 heteroatoms. The molecule has 0 atom stereocenters. The second kappa shape index (κ2) is 7.95. The van der Waals surface area contributed by atoms with Gasteiger partial charge in [-0.05, 0) is 45.7 Å². The van der Waals surface area contributed by atoms with Crippen molar-refractivity contribution >= 4 is 10.2 Å². The molecule has 0 bridgehead atoms. The van der Waals surface area contributed by atoms with Crippen molar-refractivity contribution in [2.75, 3.05) is 45.8 Å². The molecule has 2 aliphatic heterocycles. The summed E-state index contributed by atoms with van der Waals surface area (Å²) in [5, 5.41) is 0. The van der Waals surface area contributed by atoms with Crippen LogP contribution in [0.25, 0.3) is 0 Å². The molecule has 24 heavy (non-hydrogen) atoms. The van der Waals surface area contributed by atoms with Gasteiger partial charge in [-0.25, -0.2) is 4.98 Å². The zero-order valence-electron chi connectivity index (χ0n) is 14.6.